The van der Waals surface area contributed by atoms with E-state index in [0.717, 1.165) is 5.71 Å². The van der Waals surface area contributed by atoms with Crippen LogP contribution in [0.1, 0.15) is 20.8 Å². The van der Waals surface area contributed by atoms with Gasteiger partial charge in [0.25, 0.3) is 0 Å². The van der Waals surface area contributed by atoms with E-state index in [2.05, 4.69) is 41.8 Å². The van der Waals surface area contributed by atoms with Crippen molar-refractivity contribution in [3.63, 3.8) is 0 Å². The van der Waals surface area contributed by atoms with Crippen LogP contribution >= 0.6 is 0 Å². The van der Waals surface area contributed by atoms with Gasteiger partial charge >= 0.3 is 0 Å². The van der Waals surface area contributed by atoms with Gasteiger partial charge in [-0.1, -0.05) is 20.8 Å². The van der Waals surface area contributed by atoms with Crippen LogP contribution in [0.25, 0.3) is 0 Å². The van der Waals surface area contributed by atoms with Gasteiger partial charge in [-0.3, -0.25) is 0 Å². The van der Waals surface area contributed by atoms with E-state index in [9.17, 15) is 0 Å². The zero-order valence-corrected chi connectivity index (χ0v) is 8.47. The first-order chi connectivity index (χ1) is 5.52. The molecule has 0 fully saturated rings. The maximum absolute atomic E-state index is 4.11. The lowest BCUT2D eigenvalue weighted by molar-refractivity contribution is 0.591. The Kier molecular flexibility index (Phi) is 4.33. The van der Waals surface area contributed by atoms with Gasteiger partial charge < -0.3 is 10.9 Å². The van der Waals surface area contributed by atoms with Gasteiger partial charge in [-0.15, -0.1) is 0 Å². The molecule has 0 rings (SSSR count). The highest BCUT2D eigenvalue weighted by Crippen LogP contribution is 2.14. The number of nitrogens with zero attached hydrogens (tertiary/aromatic N) is 2. The Bertz CT molecular complexity index is 176. The van der Waals surface area contributed by atoms with Gasteiger partial charge in [0.05, 0.1) is 11.9 Å². The topological polar surface area (TPSA) is 48.8 Å². The van der Waals surface area contributed by atoms with E-state index in [1.807, 2.05) is 0 Å². The zero-order chi connectivity index (χ0) is 9.61. The quantitative estimate of drug-likeness (QED) is 0.486. The van der Waals surface area contributed by atoms with E-state index >= 15 is 0 Å². The second kappa shape index (κ2) is 4.74. The fourth-order valence-corrected chi connectivity index (χ4v) is 0.636. The molecule has 0 aliphatic rings. The van der Waals surface area contributed by atoms with E-state index in [0.29, 0.717) is 0 Å². The fraction of sp³-hybridized carbons (Fsp3) is 0.750. The Morgan fingerprint density at radius 2 is 1.75 bits per heavy atom. The summed E-state index contributed by atoms with van der Waals surface area (Å²) in [6, 6.07) is 0. The molecule has 0 amide bonds. The maximum atomic E-state index is 4.11. The van der Waals surface area contributed by atoms with Gasteiger partial charge in [-0.25, -0.2) is 0 Å². The normalized spacial score (nSPS) is 13.6. The van der Waals surface area contributed by atoms with Crippen LogP contribution in [-0.2, 0) is 0 Å². The summed E-state index contributed by atoms with van der Waals surface area (Å²) in [5.74, 6) is 0. The van der Waals surface area contributed by atoms with Crippen LogP contribution in [0.5, 0.6) is 0 Å². The van der Waals surface area contributed by atoms with Crippen LogP contribution in [0.15, 0.2) is 10.2 Å². The van der Waals surface area contributed by atoms with Crippen LogP contribution in [0.4, 0.5) is 0 Å². The highest BCUT2D eigenvalue weighted by molar-refractivity contribution is 6.32. The Hall–Kier alpha value is -1.06. The molecule has 0 unspecified atom stereocenters. The number of hydrazone groups is 2. The van der Waals surface area contributed by atoms with Crippen molar-refractivity contribution in [3.8, 4) is 0 Å². The van der Waals surface area contributed by atoms with Gasteiger partial charge in [0.2, 0.25) is 0 Å². The molecule has 70 valence electrons. The average Bonchev–Trinajstić information content (AvgIpc) is 1.95. The summed E-state index contributed by atoms with van der Waals surface area (Å²) in [7, 11) is 3.54. The molecule has 0 aromatic rings. The van der Waals surface area contributed by atoms with Crippen molar-refractivity contribution in [2.24, 2.45) is 15.6 Å². The van der Waals surface area contributed by atoms with Crippen LogP contribution in [-0.4, -0.2) is 26.0 Å². The van der Waals surface area contributed by atoms with Gasteiger partial charge in [0.15, 0.2) is 0 Å². The van der Waals surface area contributed by atoms with E-state index in [1.165, 1.54) is 0 Å². The number of hydrogen-bond acceptors (Lipinski definition) is 4. The molecule has 0 aromatic heterocycles. The Morgan fingerprint density at radius 1 is 1.17 bits per heavy atom. The summed E-state index contributed by atoms with van der Waals surface area (Å²) < 4.78 is 0. The SMILES string of the molecule is CNN=CC(=NNC)C(C)(C)C. The van der Waals surface area contributed by atoms with Crippen molar-refractivity contribution in [1.29, 1.82) is 0 Å². The molecule has 12 heavy (non-hydrogen) atoms. The van der Waals surface area contributed by atoms with Gasteiger partial charge in [-0.05, 0) is 0 Å². The standard InChI is InChI=1S/C8H18N4/c1-8(2,3)7(12-10-5)6-11-9-4/h6,9-10H,1-5H3. The minimum absolute atomic E-state index is 0.0172. The van der Waals surface area contributed by atoms with Crippen LogP contribution in [0, 0.1) is 5.41 Å². The molecule has 2 N–H and O–H groups in total. The van der Waals surface area contributed by atoms with Gasteiger partial charge in [-0.2, -0.15) is 10.2 Å². The Morgan fingerprint density at radius 3 is 2.08 bits per heavy atom. The van der Waals surface area contributed by atoms with Gasteiger partial charge in [0.1, 0.15) is 0 Å². The first kappa shape index (κ1) is 10.9. The van der Waals surface area contributed by atoms with Crippen LogP contribution in [0.3, 0.4) is 0 Å². The Labute approximate surface area is 74.1 Å². The molecule has 0 saturated heterocycles. The van der Waals surface area contributed by atoms with Crippen LogP contribution < -0.4 is 10.9 Å². The smallest absolute Gasteiger partial charge is 0.0856 e. The molecule has 0 bridgehead atoms. The third kappa shape index (κ3) is 3.95. The summed E-state index contributed by atoms with van der Waals surface area (Å²) in [6.45, 7) is 6.26. The van der Waals surface area contributed by atoms with E-state index in [1.54, 1.807) is 20.3 Å². The molecule has 0 radical (unpaired) electrons. The molecule has 0 heterocycles. The molecule has 0 aliphatic heterocycles. The lowest BCUT2D eigenvalue weighted by atomic mass is 9.91. The van der Waals surface area contributed by atoms with Crippen molar-refractivity contribution >= 4 is 11.9 Å². The molecule has 4 nitrogen and oxygen atoms in total. The summed E-state index contributed by atoms with van der Waals surface area (Å²) in [4.78, 5) is 0. The van der Waals surface area contributed by atoms with E-state index in [4.69, 9.17) is 0 Å². The first-order valence-corrected chi connectivity index (χ1v) is 3.97. The molecule has 0 aromatic carbocycles. The Balaban J connectivity index is 4.46. The third-order valence-electron chi connectivity index (χ3n) is 1.32. The molecule has 0 aliphatic carbocycles. The third-order valence-corrected chi connectivity index (χ3v) is 1.32. The fourth-order valence-electron chi connectivity index (χ4n) is 0.636. The lowest BCUT2D eigenvalue weighted by Crippen LogP contribution is -2.24. The first-order valence-electron chi connectivity index (χ1n) is 3.97. The van der Waals surface area contributed by atoms with E-state index < -0.39 is 0 Å². The van der Waals surface area contributed by atoms with Crippen LogP contribution in [0.2, 0.25) is 0 Å². The second-order valence-corrected chi connectivity index (χ2v) is 3.45. The molecule has 0 atom stereocenters. The monoisotopic (exact) mass is 170 g/mol. The summed E-state index contributed by atoms with van der Waals surface area (Å²) in [5, 5.41) is 8.02. The van der Waals surface area contributed by atoms with Crippen molar-refractivity contribution in [2.45, 2.75) is 20.8 Å². The van der Waals surface area contributed by atoms with Crippen molar-refractivity contribution in [3.05, 3.63) is 0 Å². The van der Waals surface area contributed by atoms with Crippen molar-refractivity contribution in [1.82, 2.24) is 10.9 Å². The molecule has 4 heteroatoms. The maximum Gasteiger partial charge on any atom is 0.0856 e. The summed E-state index contributed by atoms with van der Waals surface area (Å²) >= 11 is 0. The molecular formula is C8H18N4. The summed E-state index contributed by atoms with van der Waals surface area (Å²) in [6.07, 6.45) is 1.72. The highest BCUT2D eigenvalue weighted by atomic mass is 15.3. The zero-order valence-electron chi connectivity index (χ0n) is 8.47. The van der Waals surface area contributed by atoms with E-state index in [-0.39, 0.29) is 5.41 Å². The predicted octanol–water partition coefficient (Wildman–Crippen LogP) is 0.813. The number of rotatable bonds is 3. The predicted molar refractivity (Wildman–Crippen MR) is 53.5 cm³/mol. The highest BCUT2D eigenvalue weighted by Gasteiger charge is 2.16. The number of nitrogens with one attached hydrogen (secondary N) is 2. The summed E-state index contributed by atoms with van der Waals surface area (Å²) in [5.41, 5.74) is 6.37. The largest absolute Gasteiger partial charge is 0.313 e. The average molecular weight is 170 g/mol. The lowest BCUT2D eigenvalue weighted by Gasteiger charge is -2.17. The second-order valence-electron chi connectivity index (χ2n) is 3.45. The minimum Gasteiger partial charge on any atom is -0.313 e. The van der Waals surface area contributed by atoms with Gasteiger partial charge in [0, 0.05) is 19.5 Å². The molecular weight excluding hydrogens is 152 g/mol. The minimum atomic E-state index is 0.0172. The van der Waals surface area contributed by atoms with Crippen molar-refractivity contribution in [2.75, 3.05) is 14.1 Å². The van der Waals surface area contributed by atoms with Crippen molar-refractivity contribution < 1.29 is 0 Å². The molecule has 0 saturated carbocycles. The molecule has 0 spiro atoms. The number of hydrogen-bond donors (Lipinski definition) is 2.